The highest BCUT2D eigenvalue weighted by molar-refractivity contribution is 5.90. The van der Waals surface area contributed by atoms with Gasteiger partial charge in [0.2, 0.25) is 0 Å². The minimum absolute atomic E-state index is 0.210. The van der Waals surface area contributed by atoms with Crippen LogP contribution in [0.4, 0.5) is 30.7 Å². The zero-order chi connectivity index (χ0) is 15.2. The monoisotopic (exact) mass is 294 g/mol. The minimum atomic E-state index is -6.13. The molecule has 0 amide bonds. The Bertz CT molecular complexity index is 506. The van der Waals surface area contributed by atoms with E-state index in [4.69, 9.17) is 5.11 Å². The third-order valence-corrected chi connectivity index (χ3v) is 2.15. The van der Waals surface area contributed by atoms with Crippen LogP contribution in [-0.4, -0.2) is 27.0 Å². The molecule has 1 heterocycles. The summed E-state index contributed by atoms with van der Waals surface area (Å²) in [6, 6.07) is 0. The van der Waals surface area contributed by atoms with E-state index in [9.17, 15) is 35.5 Å². The first kappa shape index (κ1) is 15.2. The summed E-state index contributed by atoms with van der Waals surface area (Å²) in [5, 5.41) is 11.3. The van der Waals surface area contributed by atoms with Gasteiger partial charge in [-0.1, -0.05) is 0 Å². The Hall–Kier alpha value is -1.81. The second-order valence-electron chi connectivity index (χ2n) is 3.41. The summed E-state index contributed by atoms with van der Waals surface area (Å²) in [4.78, 5) is 10.6. The van der Waals surface area contributed by atoms with Gasteiger partial charge in [-0.2, -0.15) is 27.1 Å². The van der Waals surface area contributed by atoms with E-state index in [1.165, 1.54) is 0 Å². The Labute approximate surface area is 100.0 Å². The van der Waals surface area contributed by atoms with Crippen LogP contribution in [0.2, 0.25) is 0 Å². The van der Waals surface area contributed by atoms with Gasteiger partial charge in [-0.3, -0.25) is 4.68 Å². The summed E-state index contributed by atoms with van der Waals surface area (Å²) in [5.41, 5.74) is -5.63. The van der Waals surface area contributed by atoms with Crippen LogP contribution < -0.4 is 0 Å². The number of hydrogen-bond acceptors (Lipinski definition) is 2. The number of alkyl halides is 7. The molecule has 1 rings (SSSR count). The SMILES string of the molecule is Cn1nc(C(F)F)c(C(=O)O)c1C(F)(F)C(F)(F)F. The third-order valence-electron chi connectivity index (χ3n) is 2.15. The van der Waals surface area contributed by atoms with Gasteiger partial charge in [-0.05, 0) is 0 Å². The number of aryl methyl sites for hydroxylation is 1. The van der Waals surface area contributed by atoms with Gasteiger partial charge >= 0.3 is 18.1 Å². The molecule has 0 saturated heterocycles. The van der Waals surface area contributed by atoms with Gasteiger partial charge in [0, 0.05) is 7.05 Å². The first-order chi connectivity index (χ1) is 8.41. The number of carboxylic acid groups (broad SMARTS) is 1. The quantitative estimate of drug-likeness (QED) is 0.872. The molecule has 0 aliphatic carbocycles. The van der Waals surface area contributed by atoms with E-state index in [1.54, 1.807) is 0 Å². The fourth-order valence-corrected chi connectivity index (χ4v) is 1.40. The molecule has 1 N–H and O–H groups in total. The smallest absolute Gasteiger partial charge is 0.459 e. The van der Waals surface area contributed by atoms with E-state index in [2.05, 4.69) is 5.10 Å². The first-order valence-electron chi connectivity index (χ1n) is 4.44. The topological polar surface area (TPSA) is 55.1 Å². The average molecular weight is 294 g/mol. The highest BCUT2D eigenvalue weighted by Crippen LogP contribution is 2.46. The predicted octanol–water partition coefficient (Wildman–Crippen LogP) is 2.71. The van der Waals surface area contributed by atoms with Crippen molar-refractivity contribution in [1.82, 2.24) is 9.78 Å². The lowest BCUT2D eigenvalue weighted by atomic mass is 10.1. The number of carboxylic acids is 1. The number of nitrogens with zero attached hydrogens (tertiary/aromatic N) is 2. The van der Waals surface area contributed by atoms with Crippen LogP contribution in [0.15, 0.2) is 0 Å². The molecule has 19 heavy (non-hydrogen) atoms. The molecule has 0 atom stereocenters. The largest absolute Gasteiger partial charge is 0.478 e. The van der Waals surface area contributed by atoms with Crippen molar-refractivity contribution in [2.24, 2.45) is 7.05 Å². The number of carbonyl (C=O) groups is 1. The second-order valence-corrected chi connectivity index (χ2v) is 3.41. The zero-order valence-corrected chi connectivity index (χ0v) is 8.97. The summed E-state index contributed by atoms with van der Waals surface area (Å²) < 4.78 is 87.4. The van der Waals surface area contributed by atoms with Crippen molar-refractivity contribution in [3.05, 3.63) is 17.0 Å². The van der Waals surface area contributed by atoms with Gasteiger partial charge in [0.15, 0.2) is 0 Å². The molecular weight excluding hydrogens is 289 g/mol. The lowest BCUT2D eigenvalue weighted by Crippen LogP contribution is -2.37. The van der Waals surface area contributed by atoms with Crippen LogP contribution in [0.25, 0.3) is 0 Å². The van der Waals surface area contributed by atoms with Crippen molar-refractivity contribution in [2.75, 3.05) is 0 Å². The average Bonchev–Trinajstić information content (AvgIpc) is 2.54. The van der Waals surface area contributed by atoms with Gasteiger partial charge < -0.3 is 5.11 Å². The van der Waals surface area contributed by atoms with Gasteiger partial charge in [-0.25, -0.2) is 13.6 Å². The van der Waals surface area contributed by atoms with Crippen LogP contribution in [-0.2, 0) is 13.0 Å². The molecule has 0 aliphatic heterocycles. The molecule has 1 aromatic rings. The van der Waals surface area contributed by atoms with Gasteiger partial charge in [0.1, 0.15) is 17.0 Å². The van der Waals surface area contributed by atoms with Crippen molar-refractivity contribution >= 4 is 5.97 Å². The van der Waals surface area contributed by atoms with E-state index in [-0.39, 0.29) is 4.68 Å². The Kier molecular flexibility index (Phi) is 3.52. The Morgan fingerprint density at radius 2 is 1.74 bits per heavy atom. The van der Waals surface area contributed by atoms with Crippen molar-refractivity contribution in [3.8, 4) is 0 Å². The molecule has 0 bridgehead atoms. The Morgan fingerprint density at radius 1 is 1.26 bits per heavy atom. The fraction of sp³-hybridized carbons (Fsp3) is 0.500. The minimum Gasteiger partial charge on any atom is -0.478 e. The summed E-state index contributed by atoms with van der Waals surface area (Å²) in [6.07, 6.45) is -9.74. The molecule has 0 unspecified atom stereocenters. The van der Waals surface area contributed by atoms with Crippen molar-refractivity contribution < 1.29 is 40.6 Å². The van der Waals surface area contributed by atoms with Crippen molar-refractivity contribution in [1.29, 1.82) is 0 Å². The normalized spacial score (nSPS) is 13.1. The molecule has 0 radical (unpaired) electrons. The summed E-state index contributed by atoms with van der Waals surface area (Å²) in [5.74, 6) is -7.96. The number of hydrogen-bond donors (Lipinski definition) is 1. The van der Waals surface area contributed by atoms with Gasteiger partial charge in [-0.15, -0.1) is 0 Å². The molecule has 0 fully saturated rings. The molecule has 1 aromatic heterocycles. The van der Waals surface area contributed by atoms with Crippen molar-refractivity contribution in [3.63, 3.8) is 0 Å². The summed E-state index contributed by atoms with van der Waals surface area (Å²) >= 11 is 0. The highest BCUT2D eigenvalue weighted by Gasteiger charge is 2.62. The van der Waals surface area contributed by atoms with Crippen LogP contribution in [0.5, 0.6) is 0 Å². The molecule has 0 aliphatic rings. The Morgan fingerprint density at radius 3 is 2.05 bits per heavy atom. The van der Waals surface area contributed by atoms with E-state index in [1.807, 2.05) is 0 Å². The maximum absolute atomic E-state index is 13.1. The molecule has 4 nitrogen and oxygen atoms in total. The highest BCUT2D eigenvalue weighted by atomic mass is 19.4. The second kappa shape index (κ2) is 4.38. The van der Waals surface area contributed by atoms with Gasteiger partial charge in [0.05, 0.1) is 0 Å². The number of aromatic carboxylic acids is 1. The molecule has 11 heteroatoms. The van der Waals surface area contributed by atoms with Crippen LogP contribution in [0.3, 0.4) is 0 Å². The Balaban J connectivity index is 3.65. The number of aromatic nitrogens is 2. The van der Waals surface area contributed by atoms with Crippen LogP contribution in [0, 0.1) is 0 Å². The molecule has 0 spiro atoms. The summed E-state index contributed by atoms with van der Waals surface area (Å²) in [7, 11) is 0.521. The van der Waals surface area contributed by atoms with E-state index < -0.39 is 41.4 Å². The van der Waals surface area contributed by atoms with E-state index >= 15 is 0 Å². The lowest BCUT2D eigenvalue weighted by Gasteiger charge is -2.20. The molecular formula is C8H5F7N2O2. The van der Waals surface area contributed by atoms with Crippen LogP contribution >= 0.6 is 0 Å². The standard InChI is InChI=1S/C8H5F7N2O2/c1-17-4(7(11,12)8(13,14)15)2(6(18)19)3(16-17)5(9)10/h5H,1H3,(H,18,19). The first-order valence-corrected chi connectivity index (χ1v) is 4.44. The maximum atomic E-state index is 13.1. The molecule has 0 aromatic carbocycles. The van der Waals surface area contributed by atoms with Crippen molar-refractivity contribution in [2.45, 2.75) is 18.5 Å². The fourth-order valence-electron chi connectivity index (χ4n) is 1.40. The third kappa shape index (κ3) is 2.36. The zero-order valence-electron chi connectivity index (χ0n) is 8.97. The van der Waals surface area contributed by atoms with E-state index in [0.717, 1.165) is 0 Å². The van der Waals surface area contributed by atoms with Gasteiger partial charge in [0.25, 0.3) is 6.43 Å². The lowest BCUT2D eigenvalue weighted by molar-refractivity contribution is -0.292. The number of halogens is 7. The number of rotatable bonds is 3. The predicted molar refractivity (Wildman–Crippen MR) is 45.1 cm³/mol. The summed E-state index contributed by atoms with van der Waals surface area (Å²) in [6.45, 7) is 0. The molecule has 108 valence electrons. The van der Waals surface area contributed by atoms with E-state index in [0.29, 0.717) is 7.05 Å². The molecule has 0 saturated carbocycles. The maximum Gasteiger partial charge on any atom is 0.459 e. The van der Waals surface area contributed by atoms with Crippen LogP contribution in [0.1, 0.15) is 28.2 Å².